The van der Waals surface area contributed by atoms with E-state index in [0.717, 1.165) is 6.42 Å². The van der Waals surface area contributed by atoms with E-state index in [0.29, 0.717) is 17.5 Å². The van der Waals surface area contributed by atoms with Gasteiger partial charge >= 0.3 is 5.97 Å². The number of carboxylic acids is 1. The number of rotatable bonds is 6. The van der Waals surface area contributed by atoms with Gasteiger partial charge in [-0.3, -0.25) is 9.59 Å². The molecule has 1 aromatic carbocycles. The van der Waals surface area contributed by atoms with Gasteiger partial charge in [0.2, 0.25) is 0 Å². The topological polar surface area (TPSA) is 86.6 Å². The Morgan fingerprint density at radius 1 is 1.37 bits per heavy atom. The number of carbonyl (C=O) groups excluding carboxylic acids is 1. The maximum absolute atomic E-state index is 12.1. The number of amides is 1. The predicted molar refractivity (Wildman–Crippen MR) is 71.3 cm³/mol. The zero-order valence-electron chi connectivity index (χ0n) is 11.1. The highest BCUT2D eigenvalue weighted by Gasteiger charge is 2.18. The molecule has 0 spiro atoms. The van der Waals surface area contributed by atoms with Crippen LogP contribution in [-0.4, -0.2) is 28.1 Å². The van der Waals surface area contributed by atoms with Gasteiger partial charge in [-0.1, -0.05) is 19.4 Å². The Bertz CT molecular complexity index is 471. The number of nitrogens with one attached hydrogen (secondary N) is 1. The molecule has 0 saturated carbocycles. The first kappa shape index (κ1) is 15.0. The molecule has 1 unspecified atom stereocenters. The lowest BCUT2D eigenvalue weighted by Crippen LogP contribution is -2.36. The van der Waals surface area contributed by atoms with E-state index in [-0.39, 0.29) is 18.1 Å². The first-order valence-corrected chi connectivity index (χ1v) is 6.27. The number of aliphatic carboxylic acids is 1. The summed E-state index contributed by atoms with van der Waals surface area (Å²) in [5, 5.41) is 21.1. The number of hydrogen-bond donors (Lipinski definition) is 3. The molecule has 5 nitrogen and oxygen atoms in total. The lowest BCUT2D eigenvalue weighted by molar-refractivity contribution is -0.137. The molecule has 1 atom stereocenters. The van der Waals surface area contributed by atoms with Crippen molar-refractivity contribution in [3.8, 4) is 5.75 Å². The van der Waals surface area contributed by atoms with Gasteiger partial charge in [0.05, 0.1) is 6.42 Å². The van der Waals surface area contributed by atoms with E-state index < -0.39 is 12.0 Å². The van der Waals surface area contributed by atoms with E-state index in [9.17, 15) is 14.7 Å². The van der Waals surface area contributed by atoms with Crippen LogP contribution in [0.5, 0.6) is 5.75 Å². The summed E-state index contributed by atoms with van der Waals surface area (Å²) in [6.07, 6.45) is 1.30. The quantitative estimate of drug-likeness (QED) is 0.735. The standard InChI is InChI=1S/C14H19NO4/c1-3-5-10(8-13(17)18)15-14(19)11-6-4-7-12(16)9(11)2/h4,6-7,10,16H,3,5,8H2,1-2H3,(H,15,19)(H,17,18). The molecule has 3 N–H and O–H groups in total. The second-order valence-electron chi connectivity index (χ2n) is 4.51. The third-order valence-corrected chi connectivity index (χ3v) is 2.94. The van der Waals surface area contributed by atoms with Crippen LogP contribution in [0.25, 0.3) is 0 Å². The molecule has 19 heavy (non-hydrogen) atoms. The molecule has 104 valence electrons. The van der Waals surface area contributed by atoms with Gasteiger partial charge < -0.3 is 15.5 Å². The summed E-state index contributed by atoms with van der Waals surface area (Å²) >= 11 is 0. The zero-order chi connectivity index (χ0) is 14.4. The molecule has 0 aliphatic heterocycles. The third kappa shape index (κ3) is 4.28. The van der Waals surface area contributed by atoms with E-state index in [2.05, 4.69) is 5.32 Å². The van der Waals surface area contributed by atoms with Crippen LogP contribution in [0, 0.1) is 6.92 Å². The van der Waals surface area contributed by atoms with Crippen LogP contribution in [0.15, 0.2) is 18.2 Å². The van der Waals surface area contributed by atoms with E-state index in [1.807, 2.05) is 6.92 Å². The van der Waals surface area contributed by atoms with Crippen molar-refractivity contribution in [1.82, 2.24) is 5.32 Å². The van der Waals surface area contributed by atoms with Crippen LogP contribution in [0.1, 0.15) is 42.1 Å². The molecule has 0 aliphatic rings. The molecule has 5 heteroatoms. The van der Waals surface area contributed by atoms with Crippen LogP contribution in [0.2, 0.25) is 0 Å². The zero-order valence-corrected chi connectivity index (χ0v) is 11.1. The number of aromatic hydroxyl groups is 1. The Balaban J connectivity index is 2.81. The summed E-state index contributed by atoms with van der Waals surface area (Å²) in [5.41, 5.74) is 0.858. The second kappa shape index (κ2) is 6.78. The van der Waals surface area contributed by atoms with E-state index >= 15 is 0 Å². The molecule has 0 radical (unpaired) electrons. The molecule has 0 saturated heterocycles. The summed E-state index contributed by atoms with van der Waals surface area (Å²) in [6.45, 7) is 3.58. The number of benzene rings is 1. The van der Waals surface area contributed by atoms with Gasteiger partial charge in [0.1, 0.15) is 5.75 Å². The Labute approximate surface area is 112 Å². The minimum Gasteiger partial charge on any atom is -0.508 e. The highest BCUT2D eigenvalue weighted by Crippen LogP contribution is 2.19. The summed E-state index contributed by atoms with van der Waals surface area (Å²) < 4.78 is 0. The molecule has 0 aliphatic carbocycles. The van der Waals surface area contributed by atoms with Gasteiger partial charge in [0.25, 0.3) is 5.91 Å². The highest BCUT2D eigenvalue weighted by molar-refractivity contribution is 5.96. The maximum atomic E-state index is 12.1. The Morgan fingerprint density at radius 3 is 2.63 bits per heavy atom. The number of hydrogen-bond acceptors (Lipinski definition) is 3. The number of carboxylic acid groups (broad SMARTS) is 1. The van der Waals surface area contributed by atoms with Gasteiger partial charge in [0, 0.05) is 17.2 Å². The Kier molecular flexibility index (Phi) is 5.36. The Morgan fingerprint density at radius 2 is 2.05 bits per heavy atom. The van der Waals surface area contributed by atoms with Gasteiger partial charge in [0.15, 0.2) is 0 Å². The molecule has 1 amide bonds. The van der Waals surface area contributed by atoms with Crippen molar-refractivity contribution >= 4 is 11.9 Å². The third-order valence-electron chi connectivity index (χ3n) is 2.94. The molecule has 0 bridgehead atoms. The lowest BCUT2D eigenvalue weighted by atomic mass is 10.0. The summed E-state index contributed by atoms with van der Waals surface area (Å²) in [5.74, 6) is -1.24. The summed E-state index contributed by atoms with van der Waals surface area (Å²) in [4.78, 5) is 22.8. The molecular weight excluding hydrogens is 246 g/mol. The van der Waals surface area contributed by atoms with Crippen LogP contribution >= 0.6 is 0 Å². The highest BCUT2D eigenvalue weighted by atomic mass is 16.4. The van der Waals surface area contributed by atoms with E-state index in [1.54, 1.807) is 19.1 Å². The Hall–Kier alpha value is -2.04. The number of phenolic OH excluding ortho intramolecular Hbond substituents is 1. The molecule has 0 fully saturated rings. The minimum atomic E-state index is -0.939. The van der Waals surface area contributed by atoms with Gasteiger partial charge in [-0.2, -0.15) is 0 Å². The predicted octanol–water partition coefficient (Wildman–Crippen LogP) is 2.07. The van der Waals surface area contributed by atoms with Crippen molar-refractivity contribution in [2.75, 3.05) is 0 Å². The molecule has 0 heterocycles. The van der Waals surface area contributed by atoms with Gasteiger partial charge in [-0.15, -0.1) is 0 Å². The maximum Gasteiger partial charge on any atom is 0.305 e. The average molecular weight is 265 g/mol. The minimum absolute atomic E-state index is 0.0536. The van der Waals surface area contributed by atoms with Crippen molar-refractivity contribution in [2.45, 2.75) is 39.2 Å². The summed E-state index contributed by atoms with van der Waals surface area (Å²) in [6, 6.07) is 4.31. The van der Waals surface area contributed by atoms with E-state index in [4.69, 9.17) is 5.11 Å². The van der Waals surface area contributed by atoms with Crippen molar-refractivity contribution in [1.29, 1.82) is 0 Å². The second-order valence-corrected chi connectivity index (χ2v) is 4.51. The van der Waals surface area contributed by atoms with Crippen LogP contribution in [0.3, 0.4) is 0 Å². The van der Waals surface area contributed by atoms with Gasteiger partial charge in [-0.25, -0.2) is 0 Å². The first-order valence-electron chi connectivity index (χ1n) is 6.27. The average Bonchev–Trinajstić information content (AvgIpc) is 2.32. The van der Waals surface area contributed by atoms with Crippen molar-refractivity contribution in [2.24, 2.45) is 0 Å². The first-order chi connectivity index (χ1) is 8.95. The molecule has 1 aromatic rings. The fraction of sp³-hybridized carbons (Fsp3) is 0.429. The smallest absolute Gasteiger partial charge is 0.305 e. The van der Waals surface area contributed by atoms with E-state index in [1.165, 1.54) is 6.07 Å². The van der Waals surface area contributed by atoms with Crippen LogP contribution < -0.4 is 5.32 Å². The van der Waals surface area contributed by atoms with Crippen molar-refractivity contribution in [3.63, 3.8) is 0 Å². The fourth-order valence-electron chi connectivity index (χ4n) is 1.92. The van der Waals surface area contributed by atoms with Crippen molar-refractivity contribution in [3.05, 3.63) is 29.3 Å². The molecule has 1 rings (SSSR count). The van der Waals surface area contributed by atoms with Crippen molar-refractivity contribution < 1.29 is 19.8 Å². The lowest BCUT2D eigenvalue weighted by Gasteiger charge is -2.17. The normalized spacial score (nSPS) is 11.9. The fourth-order valence-corrected chi connectivity index (χ4v) is 1.92. The number of carbonyl (C=O) groups is 2. The van der Waals surface area contributed by atoms with Crippen LogP contribution in [-0.2, 0) is 4.79 Å². The largest absolute Gasteiger partial charge is 0.508 e. The van der Waals surface area contributed by atoms with Gasteiger partial charge in [-0.05, 0) is 25.5 Å². The number of phenols is 1. The SMILES string of the molecule is CCCC(CC(=O)O)NC(=O)c1cccc(O)c1C. The monoisotopic (exact) mass is 265 g/mol. The molecule has 0 aromatic heterocycles. The van der Waals surface area contributed by atoms with Crippen LogP contribution in [0.4, 0.5) is 0 Å². The molecular formula is C14H19NO4. The summed E-state index contributed by atoms with van der Waals surface area (Å²) in [7, 11) is 0.